The predicted molar refractivity (Wildman–Crippen MR) is 75.0 cm³/mol. The van der Waals surface area contributed by atoms with Gasteiger partial charge in [0.05, 0.1) is 12.7 Å². The van der Waals surface area contributed by atoms with E-state index in [0.717, 1.165) is 0 Å². The van der Waals surface area contributed by atoms with E-state index < -0.39 is 5.97 Å². The Morgan fingerprint density at radius 1 is 1.20 bits per heavy atom. The minimum absolute atomic E-state index is 0.305. The molecular formula is C14H11ClN2O3. The quantitative estimate of drug-likeness (QED) is 0.883. The standard InChI is InChI=1S/C14H11ClN2O3/c1-20-14(19)10-4-2-3-9(7-10)13(18)17-12-8-11(15)5-6-16-12/h2-8H,1H3,(H,16,17,18). The number of anilines is 1. The molecule has 0 saturated heterocycles. The summed E-state index contributed by atoms with van der Waals surface area (Å²) in [4.78, 5) is 27.4. The molecular weight excluding hydrogens is 280 g/mol. The summed E-state index contributed by atoms with van der Waals surface area (Å²) in [6.45, 7) is 0. The van der Waals surface area contributed by atoms with Crippen LogP contribution < -0.4 is 5.32 Å². The summed E-state index contributed by atoms with van der Waals surface area (Å²) in [6, 6.07) is 9.35. The molecule has 1 amide bonds. The highest BCUT2D eigenvalue weighted by molar-refractivity contribution is 6.30. The Balaban J connectivity index is 2.19. The molecule has 0 fully saturated rings. The van der Waals surface area contributed by atoms with Crippen molar-refractivity contribution >= 4 is 29.3 Å². The van der Waals surface area contributed by atoms with Crippen LogP contribution in [0.2, 0.25) is 5.02 Å². The number of nitrogens with one attached hydrogen (secondary N) is 1. The van der Waals surface area contributed by atoms with Crippen molar-refractivity contribution in [2.45, 2.75) is 0 Å². The second kappa shape index (κ2) is 6.16. The van der Waals surface area contributed by atoms with Gasteiger partial charge in [0.1, 0.15) is 5.82 Å². The Kier molecular flexibility index (Phi) is 4.32. The molecule has 2 rings (SSSR count). The minimum atomic E-state index is -0.500. The number of aromatic nitrogens is 1. The fourth-order valence-corrected chi connectivity index (χ4v) is 1.73. The van der Waals surface area contributed by atoms with Gasteiger partial charge in [0.2, 0.25) is 0 Å². The summed E-state index contributed by atoms with van der Waals surface area (Å²) in [5.41, 5.74) is 0.633. The molecule has 0 atom stereocenters. The largest absolute Gasteiger partial charge is 0.465 e. The summed E-state index contributed by atoms with van der Waals surface area (Å²) in [5, 5.41) is 3.07. The maximum absolute atomic E-state index is 12.0. The van der Waals surface area contributed by atoms with Gasteiger partial charge in [0, 0.05) is 16.8 Å². The molecule has 1 N–H and O–H groups in total. The van der Waals surface area contributed by atoms with Crippen molar-refractivity contribution < 1.29 is 14.3 Å². The van der Waals surface area contributed by atoms with Crippen molar-refractivity contribution in [2.75, 3.05) is 12.4 Å². The molecule has 2 aromatic rings. The molecule has 0 aliphatic rings. The van der Waals surface area contributed by atoms with Gasteiger partial charge in [0.25, 0.3) is 5.91 Å². The van der Waals surface area contributed by atoms with Crippen molar-refractivity contribution in [3.8, 4) is 0 Å². The minimum Gasteiger partial charge on any atom is -0.465 e. The second-order valence-electron chi connectivity index (χ2n) is 3.89. The van der Waals surface area contributed by atoms with E-state index in [1.807, 2.05) is 0 Å². The number of esters is 1. The van der Waals surface area contributed by atoms with Crippen molar-refractivity contribution in [3.63, 3.8) is 0 Å². The van der Waals surface area contributed by atoms with Gasteiger partial charge in [-0.25, -0.2) is 9.78 Å². The molecule has 0 aliphatic carbocycles. The fourth-order valence-electron chi connectivity index (χ4n) is 1.57. The van der Waals surface area contributed by atoms with Crippen LogP contribution in [-0.4, -0.2) is 24.0 Å². The highest BCUT2D eigenvalue weighted by atomic mass is 35.5. The fraction of sp³-hybridized carbons (Fsp3) is 0.0714. The van der Waals surface area contributed by atoms with Crippen molar-refractivity contribution in [2.24, 2.45) is 0 Å². The van der Waals surface area contributed by atoms with Gasteiger partial charge >= 0.3 is 5.97 Å². The topological polar surface area (TPSA) is 68.3 Å². The van der Waals surface area contributed by atoms with Crippen molar-refractivity contribution in [3.05, 3.63) is 58.7 Å². The van der Waals surface area contributed by atoms with Crippen LogP contribution in [0.25, 0.3) is 0 Å². The number of pyridine rings is 1. The number of halogens is 1. The Morgan fingerprint density at radius 2 is 1.95 bits per heavy atom. The molecule has 0 saturated carbocycles. The van der Waals surface area contributed by atoms with Crippen LogP contribution in [0.4, 0.5) is 5.82 Å². The van der Waals surface area contributed by atoms with E-state index in [0.29, 0.717) is 22.0 Å². The van der Waals surface area contributed by atoms with E-state index in [2.05, 4.69) is 15.0 Å². The summed E-state index contributed by atoms with van der Waals surface area (Å²) in [5.74, 6) is -0.544. The molecule has 6 heteroatoms. The van der Waals surface area contributed by atoms with Crippen LogP contribution in [0.3, 0.4) is 0 Å². The third-order valence-corrected chi connectivity index (χ3v) is 2.74. The monoisotopic (exact) mass is 290 g/mol. The van der Waals surface area contributed by atoms with Gasteiger partial charge in [-0.1, -0.05) is 17.7 Å². The van der Waals surface area contributed by atoms with E-state index in [1.165, 1.54) is 25.4 Å². The number of methoxy groups -OCH3 is 1. The van der Waals surface area contributed by atoms with Crippen LogP contribution in [0.1, 0.15) is 20.7 Å². The molecule has 0 bridgehead atoms. The second-order valence-corrected chi connectivity index (χ2v) is 4.32. The summed E-state index contributed by atoms with van der Waals surface area (Å²) in [7, 11) is 1.28. The smallest absolute Gasteiger partial charge is 0.337 e. The van der Waals surface area contributed by atoms with Gasteiger partial charge in [-0.15, -0.1) is 0 Å². The van der Waals surface area contributed by atoms with Crippen LogP contribution in [0.5, 0.6) is 0 Å². The number of benzene rings is 1. The summed E-state index contributed by atoms with van der Waals surface area (Å²) in [6.07, 6.45) is 1.49. The lowest BCUT2D eigenvalue weighted by atomic mass is 10.1. The van der Waals surface area contributed by atoms with E-state index in [9.17, 15) is 9.59 Å². The Labute approximate surface area is 120 Å². The Bertz CT molecular complexity index is 658. The van der Waals surface area contributed by atoms with Crippen LogP contribution in [0, 0.1) is 0 Å². The van der Waals surface area contributed by atoms with Crippen LogP contribution >= 0.6 is 11.6 Å². The first kappa shape index (κ1) is 14.0. The lowest BCUT2D eigenvalue weighted by Crippen LogP contribution is -2.14. The molecule has 20 heavy (non-hydrogen) atoms. The number of hydrogen-bond donors (Lipinski definition) is 1. The zero-order chi connectivity index (χ0) is 14.5. The molecule has 5 nitrogen and oxygen atoms in total. The molecule has 0 aliphatic heterocycles. The van der Waals surface area contributed by atoms with Crippen LogP contribution in [-0.2, 0) is 4.74 Å². The molecule has 102 valence electrons. The zero-order valence-electron chi connectivity index (χ0n) is 10.6. The van der Waals surface area contributed by atoms with Crippen molar-refractivity contribution in [1.29, 1.82) is 0 Å². The van der Waals surface area contributed by atoms with E-state index in [-0.39, 0.29) is 5.91 Å². The van der Waals surface area contributed by atoms with Crippen LogP contribution in [0.15, 0.2) is 42.6 Å². The van der Waals surface area contributed by atoms with Gasteiger partial charge in [-0.3, -0.25) is 4.79 Å². The molecule has 1 aromatic carbocycles. The first-order chi connectivity index (χ1) is 9.60. The van der Waals surface area contributed by atoms with Crippen molar-refractivity contribution in [1.82, 2.24) is 4.98 Å². The highest BCUT2D eigenvalue weighted by Gasteiger charge is 2.11. The third-order valence-electron chi connectivity index (χ3n) is 2.51. The van der Waals surface area contributed by atoms with Gasteiger partial charge in [0.15, 0.2) is 0 Å². The number of hydrogen-bond acceptors (Lipinski definition) is 4. The first-order valence-electron chi connectivity index (χ1n) is 5.71. The maximum Gasteiger partial charge on any atom is 0.337 e. The lowest BCUT2D eigenvalue weighted by Gasteiger charge is -2.06. The van der Waals surface area contributed by atoms with Gasteiger partial charge < -0.3 is 10.1 Å². The normalized spacial score (nSPS) is 9.90. The van der Waals surface area contributed by atoms with Gasteiger partial charge in [-0.2, -0.15) is 0 Å². The number of carbonyl (C=O) groups excluding carboxylic acids is 2. The average Bonchev–Trinajstić information content (AvgIpc) is 2.46. The highest BCUT2D eigenvalue weighted by Crippen LogP contribution is 2.13. The molecule has 0 radical (unpaired) electrons. The van der Waals surface area contributed by atoms with E-state index in [1.54, 1.807) is 24.3 Å². The first-order valence-corrected chi connectivity index (χ1v) is 6.09. The predicted octanol–water partition coefficient (Wildman–Crippen LogP) is 2.77. The number of rotatable bonds is 3. The maximum atomic E-state index is 12.0. The molecule has 0 unspecified atom stereocenters. The molecule has 1 heterocycles. The number of ether oxygens (including phenoxy) is 1. The Hall–Kier alpha value is -2.40. The molecule has 0 spiro atoms. The Morgan fingerprint density at radius 3 is 2.65 bits per heavy atom. The number of carbonyl (C=O) groups is 2. The third kappa shape index (κ3) is 3.33. The SMILES string of the molecule is COC(=O)c1cccc(C(=O)Nc2cc(Cl)ccn2)c1. The molecule has 1 aromatic heterocycles. The summed E-state index contributed by atoms with van der Waals surface area (Å²) >= 11 is 5.81. The lowest BCUT2D eigenvalue weighted by molar-refractivity contribution is 0.0600. The number of amides is 1. The van der Waals surface area contributed by atoms with E-state index in [4.69, 9.17) is 11.6 Å². The number of nitrogens with zero attached hydrogens (tertiary/aromatic N) is 1. The van der Waals surface area contributed by atoms with Gasteiger partial charge in [-0.05, 0) is 30.3 Å². The van der Waals surface area contributed by atoms with E-state index >= 15 is 0 Å². The average molecular weight is 291 g/mol. The zero-order valence-corrected chi connectivity index (χ0v) is 11.3. The summed E-state index contributed by atoms with van der Waals surface area (Å²) < 4.78 is 4.60.